The number of likely N-dealkylation sites (N-methyl/N-ethyl adjacent to an activating group) is 1. The van der Waals surface area contributed by atoms with Crippen LogP contribution >= 0.6 is 0 Å². The van der Waals surface area contributed by atoms with Gasteiger partial charge in [-0.15, -0.1) is 0 Å². The lowest BCUT2D eigenvalue weighted by Gasteiger charge is -2.35. The van der Waals surface area contributed by atoms with Crippen molar-refractivity contribution in [2.75, 3.05) is 20.1 Å². The number of likely N-dealkylation sites (tertiary alicyclic amines) is 1. The number of benzene rings is 1. The standard InChI is InChI=1S/C15H21N3/c1-17-11-15-7-2-3-8-18(15)12-14-6-4-5-13(9-14)10-16/h4-6,9,15,17H,2-3,7-8,11-12H2,1H3. The van der Waals surface area contributed by atoms with E-state index < -0.39 is 0 Å². The molecule has 0 radical (unpaired) electrons. The van der Waals surface area contributed by atoms with E-state index in [2.05, 4.69) is 22.4 Å². The average molecular weight is 243 g/mol. The van der Waals surface area contributed by atoms with Crippen LogP contribution in [0.1, 0.15) is 30.4 Å². The summed E-state index contributed by atoms with van der Waals surface area (Å²) < 4.78 is 0. The minimum absolute atomic E-state index is 0.634. The molecular weight excluding hydrogens is 222 g/mol. The Balaban J connectivity index is 2.03. The summed E-state index contributed by atoms with van der Waals surface area (Å²) in [6.45, 7) is 3.18. The number of rotatable bonds is 4. The van der Waals surface area contributed by atoms with Crippen LogP contribution in [0.3, 0.4) is 0 Å². The third-order valence-corrected chi connectivity index (χ3v) is 3.63. The fraction of sp³-hybridized carbons (Fsp3) is 0.533. The average Bonchev–Trinajstić information content (AvgIpc) is 2.41. The molecule has 3 heteroatoms. The molecule has 0 aliphatic carbocycles. The molecule has 1 unspecified atom stereocenters. The zero-order valence-electron chi connectivity index (χ0n) is 11.0. The predicted octanol–water partition coefficient (Wildman–Crippen LogP) is 2.13. The second-order valence-corrected chi connectivity index (χ2v) is 4.99. The van der Waals surface area contributed by atoms with Gasteiger partial charge in [-0.1, -0.05) is 18.6 Å². The summed E-state index contributed by atoms with van der Waals surface area (Å²) in [5.41, 5.74) is 2.01. The molecule has 2 rings (SSSR count). The van der Waals surface area contributed by atoms with Crippen LogP contribution in [0.5, 0.6) is 0 Å². The van der Waals surface area contributed by atoms with Gasteiger partial charge in [0.15, 0.2) is 0 Å². The lowest BCUT2D eigenvalue weighted by Crippen LogP contribution is -2.44. The number of hydrogen-bond donors (Lipinski definition) is 1. The first-order valence-corrected chi connectivity index (χ1v) is 6.71. The smallest absolute Gasteiger partial charge is 0.0991 e. The number of nitrogens with zero attached hydrogens (tertiary/aromatic N) is 2. The van der Waals surface area contributed by atoms with Crippen molar-refractivity contribution in [2.24, 2.45) is 0 Å². The van der Waals surface area contributed by atoms with Gasteiger partial charge in [0.25, 0.3) is 0 Å². The van der Waals surface area contributed by atoms with Crippen molar-refractivity contribution < 1.29 is 0 Å². The van der Waals surface area contributed by atoms with E-state index in [4.69, 9.17) is 5.26 Å². The summed E-state index contributed by atoms with van der Waals surface area (Å²) in [6, 6.07) is 10.8. The fourth-order valence-corrected chi connectivity index (χ4v) is 2.71. The highest BCUT2D eigenvalue weighted by molar-refractivity contribution is 5.32. The van der Waals surface area contributed by atoms with Crippen molar-refractivity contribution in [3.63, 3.8) is 0 Å². The zero-order valence-corrected chi connectivity index (χ0v) is 11.0. The second-order valence-electron chi connectivity index (χ2n) is 4.99. The fourth-order valence-electron chi connectivity index (χ4n) is 2.71. The van der Waals surface area contributed by atoms with Gasteiger partial charge in [0.2, 0.25) is 0 Å². The van der Waals surface area contributed by atoms with E-state index in [1.807, 2.05) is 25.2 Å². The van der Waals surface area contributed by atoms with Gasteiger partial charge in [0, 0.05) is 19.1 Å². The van der Waals surface area contributed by atoms with E-state index in [1.54, 1.807) is 0 Å². The highest BCUT2D eigenvalue weighted by Crippen LogP contribution is 2.19. The minimum Gasteiger partial charge on any atom is -0.318 e. The maximum Gasteiger partial charge on any atom is 0.0991 e. The van der Waals surface area contributed by atoms with E-state index in [9.17, 15) is 0 Å². The van der Waals surface area contributed by atoms with Gasteiger partial charge in [-0.25, -0.2) is 0 Å². The molecule has 1 aromatic rings. The largest absolute Gasteiger partial charge is 0.318 e. The second kappa shape index (κ2) is 6.53. The Kier molecular flexibility index (Phi) is 4.74. The van der Waals surface area contributed by atoms with Gasteiger partial charge in [0.05, 0.1) is 11.6 Å². The highest BCUT2D eigenvalue weighted by Gasteiger charge is 2.21. The lowest BCUT2D eigenvalue weighted by molar-refractivity contribution is 0.139. The molecule has 96 valence electrons. The Labute approximate surface area is 109 Å². The lowest BCUT2D eigenvalue weighted by atomic mass is 10.0. The number of piperidine rings is 1. The molecule has 1 saturated heterocycles. The molecule has 1 aliphatic heterocycles. The number of nitrogens with one attached hydrogen (secondary N) is 1. The zero-order chi connectivity index (χ0) is 12.8. The molecule has 1 atom stereocenters. The number of hydrogen-bond acceptors (Lipinski definition) is 3. The maximum atomic E-state index is 8.93. The Morgan fingerprint density at radius 3 is 3.11 bits per heavy atom. The van der Waals surface area contributed by atoms with Crippen molar-refractivity contribution in [1.82, 2.24) is 10.2 Å². The van der Waals surface area contributed by atoms with Gasteiger partial charge >= 0.3 is 0 Å². The molecule has 0 bridgehead atoms. The van der Waals surface area contributed by atoms with Crippen LogP contribution < -0.4 is 5.32 Å². The topological polar surface area (TPSA) is 39.1 Å². The van der Waals surface area contributed by atoms with Gasteiger partial charge < -0.3 is 5.32 Å². The first kappa shape index (κ1) is 13.1. The van der Waals surface area contributed by atoms with Crippen molar-refractivity contribution >= 4 is 0 Å². The molecule has 18 heavy (non-hydrogen) atoms. The summed E-state index contributed by atoms with van der Waals surface area (Å²) in [7, 11) is 2.02. The Morgan fingerprint density at radius 1 is 1.44 bits per heavy atom. The molecule has 3 nitrogen and oxygen atoms in total. The summed E-state index contributed by atoms with van der Waals surface area (Å²) >= 11 is 0. The van der Waals surface area contributed by atoms with E-state index >= 15 is 0 Å². The van der Waals surface area contributed by atoms with Gasteiger partial charge in [0.1, 0.15) is 0 Å². The molecule has 0 saturated carbocycles. The summed E-state index contributed by atoms with van der Waals surface area (Å²) in [6.07, 6.45) is 3.90. The van der Waals surface area contributed by atoms with E-state index in [-0.39, 0.29) is 0 Å². The minimum atomic E-state index is 0.634. The monoisotopic (exact) mass is 243 g/mol. The highest BCUT2D eigenvalue weighted by atomic mass is 15.2. The van der Waals surface area contributed by atoms with Crippen LogP contribution in [-0.2, 0) is 6.54 Å². The molecular formula is C15H21N3. The predicted molar refractivity (Wildman–Crippen MR) is 73.1 cm³/mol. The van der Waals surface area contributed by atoms with E-state index in [1.165, 1.54) is 31.4 Å². The van der Waals surface area contributed by atoms with Crippen LogP contribution in [-0.4, -0.2) is 31.1 Å². The van der Waals surface area contributed by atoms with Crippen molar-refractivity contribution in [2.45, 2.75) is 31.8 Å². The molecule has 0 amide bonds. The Morgan fingerprint density at radius 2 is 2.33 bits per heavy atom. The molecule has 1 aliphatic rings. The summed E-state index contributed by atoms with van der Waals surface area (Å²) in [4.78, 5) is 2.54. The van der Waals surface area contributed by atoms with Crippen molar-refractivity contribution in [1.29, 1.82) is 5.26 Å². The summed E-state index contributed by atoms with van der Waals surface area (Å²) in [5, 5.41) is 12.2. The SMILES string of the molecule is CNCC1CCCCN1Cc1cccc(C#N)c1. The molecule has 0 aromatic heterocycles. The Bertz CT molecular complexity index is 420. The summed E-state index contributed by atoms with van der Waals surface area (Å²) in [5.74, 6) is 0. The van der Waals surface area contributed by atoms with Crippen LogP contribution in [0.15, 0.2) is 24.3 Å². The van der Waals surface area contributed by atoms with E-state index in [0.29, 0.717) is 6.04 Å². The van der Waals surface area contributed by atoms with Crippen molar-refractivity contribution in [3.05, 3.63) is 35.4 Å². The van der Waals surface area contributed by atoms with Crippen LogP contribution in [0.4, 0.5) is 0 Å². The maximum absolute atomic E-state index is 8.93. The van der Waals surface area contributed by atoms with Gasteiger partial charge in [-0.3, -0.25) is 4.90 Å². The molecule has 1 N–H and O–H groups in total. The number of nitriles is 1. The van der Waals surface area contributed by atoms with E-state index in [0.717, 1.165) is 18.7 Å². The quantitative estimate of drug-likeness (QED) is 0.880. The van der Waals surface area contributed by atoms with Crippen LogP contribution in [0, 0.1) is 11.3 Å². The third-order valence-electron chi connectivity index (χ3n) is 3.63. The van der Waals surface area contributed by atoms with Crippen LogP contribution in [0.2, 0.25) is 0 Å². The molecule has 0 spiro atoms. The molecule has 1 fully saturated rings. The Hall–Kier alpha value is -1.37. The van der Waals surface area contributed by atoms with Gasteiger partial charge in [-0.05, 0) is 44.1 Å². The molecule has 1 aromatic carbocycles. The first-order valence-electron chi connectivity index (χ1n) is 6.71. The third kappa shape index (κ3) is 3.32. The van der Waals surface area contributed by atoms with Crippen LogP contribution in [0.25, 0.3) is 0 Å². The van der Waals surface area contributed by atoms with Crippen molar-refractivity contribution in [3.8, 4) is 6.07 Å². The normalized spacial score (nSPS) is 20.6. The molecule has 1 heterocycles. The van der Waals surface area contributed by atoms with Gasteiger partial charge in [-0.2, -0.15) is 5.26 Å². The first-order chi connectivity index (χ1) is 8.83.